The number of hydrogen-bond donors (Lipinski definition) is 1. The fourth-order valence-electron chi connectivity index (χ4n) is 8.16. The minimum atomic E-state index is -1.14. The highest BCUT2D eigenvalue weighted by Crippen LogP contribution is 2.65. The highest BCUT2D eigenvalue weighted by Gasteiger charge is 2.79. The average Bonchev–Trinajstić information content (AvgIpc) is 3.59. The lowest BCUT2D eigenvalue weighted by molar-refractivity contribution is -0.164. The number of benzene rings is 1. The SMILES string of the molecule is C=CCN(C(=O)C1N([C@@H](CO)Cc2ccccc2)C(=O)[C@@H]2[C@H](C(=O)OCC)[C@]3(CC)CCC12O3)C1CCCCC1. The average molecular weight is 553 g/mol. The molecule has 218 valence electrons. The van der Waals surface area contributed by atoms with Gasteiger partial charge < -0.3 is 24.4 Å². The van der Waals surface area contributed by atoms with Gasteiger partial charge in [-0.2, -0.15) is 0 Å². The van der Waals surface area contributed by atoms with Crippen LogP contribution in [0.15, 0.2) is 43.0 Å². The number of rotatable bonds is 11. The van der Waals surface area contributed by atoms with Gasteiger partial charge >= 0.3 is 5.97 Å². The maximum absolute atomic E-state index is 14.8. The van der Waals surface area contributed by atoms with Crippen LogP contribution in [0.5, 0.6) is 0 Å². The normalized spacial score (nSPS) is 32.1. The predicted molar refractivity (Wildman–Crippen MR) is 150 cm³/mol. The molecule has 1 spiro atoms. The van der Waals surface area contributed by atoms with Gasteiger partial charge in [-0.05, 0) is 51.0 Å². The van der Waals surface area contributed by atoms with E-state index < -0.39 is 41.1 Å². The molecule has 3 saturated heterocycles. The first-order chi connectivity index (χ1) is 19.4. The molecule has 1 saturated carbocycles. The van der Waals surface area contributed by atoms with Crippen LogP contribution in [-0.4, -0.2) is 81.8 Å². The molecule has 1 aromatic carbocycles. The van der Waals surface area contributed by atoms with Crippen molar-refractivity contribution in [2.45, 2.75) is 101 Å². The third-order valence-electron chi connectivity index (χ3n) is 9.94. The summed E-state index contributed by atoms with van der Waals surface area (Å²) in [5.74, 6) is -2.49. The zero-order valence-electron chi connectivity index (χ0n) is 23.9. The molecular formula is C32H44N2O6. The van der Waals surface area contributed by atoms with Crippen molar-refractivity contribution in [3.63, 3.8) is 0 Å². The minimum absolute atomic E-state index is 0.0629. The summed E-state index contributed by atoms with van der Waals surface area (Å²) in [7, 11) is 0. The Morgan fingerprint density at radius 2 is 1.93 bits per heavy atom. The summed E-state index contributed by atoms with van der Waals surface area (Å²) in [6.45, 7) is 7.95. The van der Waals surface area contributed by atoms with Crippen LogP contribution in [0, 0.1) is 11.8 Å². The number of esters is 1. The first-order valence-electron chi connectivity index (χ1n) is 15.1. The van der Waals surface area contributed by atoms with Crippen molar-refractivity contribution in [3.8, 4) is 0 Å². The van der Waals surface area contributed by atoms with Crippen molar-refractivity contribution in [2.75, 3.05) is 19.8 Å². The summed E-state index contributed by atoms with van der Waals surface area (Å²) in [5, 5.41) is 10.7. The van der Waals surface area contributed by atoms with E-state index in [0.29, 0.717) is 32.2 Å². The molecule has 5 rings (SSSR count). The number of likely N-dealkylation sites (tertiary alicyclic amines) is 1. The number of aliphatic hydroxyl groups excluding tert-OH is 1. The van der Waals surface area contributed by atoms with E-state index in [1.54, 1.807) is 17.9 Å². The molecule has 1 aliphatic carbocycles. The minimum Gasteiger partial charge on any atom is -0.466 e. The summed E-state index contributed by atoms with van der Waals surface area (Å²) in [5.41, 5.74) is -1.01. The van der Waals surface area contributed by atoms with Crippen molar-refractivity contribution < 1.29 is 29.0 Å². The zero-order valence-corrected chi connectivity index (χ0v) is 23.9. The highest BCUT2D eigenvalue weighted by molar-refractivity contribution is 5.99. The topological polar surface area (TPSA) is 96.4 Å². The molecule has 1 N–H and O–H groups in total. The Hall–Kier alpha value is -2.71. The van der Waals surface area contributed by atoms with Crippen LogP contribution < -0.4 is 0 Å². The van der Waals surface area contributed by atoms with Crippen molar-refractivity contribution in [1.29, 1.82) is 0 Å². The van der Waals surface area contributed by atoms with Gasteiger partial charge in [-0.1, -0.05) is 62.6 Å². The fourth-order valence-corrected chi connectivity index (χ4v) is 8.16. The molecule has 3 heterocycles. The quantitative estimate of drug-likeness (QED) is 0.333. The first-order valence-corrected chi connectivity index (χ1v) is 15.1. The lowest BCUT2D eigenvalue weighted by Gasteiger charge is -2.42. The summed E-state index contributed by atoms with van der Waals surface area (Å²) in [4.78, 5) is 46.3. The zero-order chi connectivity index (χ0) is 28.5. The van der Waals surface area contributed by atoms with E-state index in [0.717, 1.165) is 37.7 Å². The maximum Gasteiger partial charge on any atom is 0.312 e. The maximum atomic E-state index is 14.8. The van der Waals surface area contributed by atoms with Crippen molar-refractivity contribution in [3.05, 3.63) is 48.6 Å². The Morgan fingerprint density at radius 3 is 2.55 bits per heavy atom. The molecule has 8 heteroatoms. The Bertz CT molecular complexity index is 1100. The fraction of sp³-hybridized carbons (Fsp3) is 0.656. The largest absolute Gasteiger partial charge is 0.466 e. The van der Waals surface area contributed by atoms with Gasteiger partial charge in [0, 0.05) is 12.6 Å². The van der Waals surface area contributed by atoms with Crippen LogP contribution in [0.4, 0.5) is 0 Å². The molecule has 2 bridgehead atoms. The van der Waals surface area contributed by atoms with Crippen LogP contribution in [-0.2, 0) is 30.3 Å². The van der Waals surface area contributed by atoms with Gasteiger partial charge in [-0.3, -0.25) is 14.4 Å². The summed E-state index contributed by atoms with van der Waals surface area (Å²) in [6.07, 6.45) is 8.87. The van der Waals surface area contributed by atoms with Gasteiger partial charge in [0.05, 0.1) is 30.8 Å². The number of amides is 2. The molecule has 40 heavy (non-hydrogen) atoms. The second-order valence-electron chi connectivity index (χ2n) is 11.9. The molecule has 0 radical (unpaired) electrons. The van der Waals surface area contributed by atoms with E-state index in [9.17, 15) is 19.5 Å². The van der Waals surface area contributed by atoms with Gasteiger partial charge in [0.1, 0.15) is 17.6 Å². The second kappa shape index (κ2) is 11.6. The third kappa shape index (κ3) is 4.57. The van der Waals surface area contributed by atoms with Crippen LogP contribution in [0.2, 0.25) is 0 Å². The number of nitrogens with zero attached hydrogens (tertiary/aromatic N) is 2. The lowest BCUT2D eigenvalue weighted by Crippen LogP contribution is -2.60. The number of hydrogen-bond acceptors (Lipinski definition) is 6. The van der Waals surface area contributed by atoms with E-state index in [-0.39, 0.29) is 31.1 Å². The Balaban J connectivity index is 1.60. The van der Waals surface area contributed by atoms with Gasteiger partial charge in [0.25, 0.3) is 0 Å². The Kier molecular flexibility index (Phi) is 8.39. The van der Waals surface area contributed by atoms with E-state index >= 15 is 0 Å². The van der Waals surface area contributed by atoms with Crippen LogP contribution >= 0.6 is 0 Å². The molecule has 4 fully saturated rings. The molecular weight excluding hydrogens is 508 g/mol. The van der Waals surface area contributed by atoms with E-state index in [4.69, 9.17) is 9.47 Å². The van der Waals surface area contributed by atoms with Gasteiger partial charge in [-0.15, -0.1) is 6.58 Å². The third-order valence-corrected chi connectivity index (χ3v) is 9.94. The molecule has 4 aliphatic rings. The van der Waals surface area contributed by atoms with Crippen LogP contribution in [0.1, 0.15) is 70.8 Å². The molecule has 0 aromatic heterocycles. The summed E-state index contributed by atoms with van der Waals surface area (Å²) < 4.78 is 12.4. The predicted octanol–water partition coefficient (Wildman–Crippen LogP) is 3.66. The van der Waals surface area contributed by atoms with Crippen molar-refractivity contribution in [1.82, 2.24) is 9.80 Å². The Labute approximate surface area is 237 Å². The van der Waals surface area contributed by atoms with Gasteiger partial charge in [0.15, 0.2) is 0 Å². The van der Waals surface area contributed by atoms with Crippen LogP contribution in [0.25, 0.3) is 0 Å². The van der Waals surface area contributed by atoms with Crippen LogP contribution in [0.3, 0.4) is 0 Å². The molecule has 2 amide bonds. The number of fused-ring (bicyclic) bond motifs is 1. The van der Waals surface area contributed by atoms with Gasteiger partial charge in [-0.25, -0.2) is 0 Å². The monoisotopic (exact) mass is 552 g/mol. The molecule has 1 aromatic rings. The first kappa shape index (κ1) is 28.8. The van der Waals surface area contributed by atoms with E-state index in [2.05, 4.69) is 6.58 Å². The highest BCUT2D eigenvalue weighted by atomic mass is 16.6. The van der Waals surface area contributed by atoms with Crippen molar-refractivity contribution in [2.24, 2.45) is 11.8 Å². The molecule has 2 unspecified atom stereocenters. The lowest BCUT2D eigenvalue weighted by atomic mass is 9.65. The summed E-state index contributed by atoms with van der Waals surface area (Å²) in [6, 6.07) is 8.19. The molecule has 6 atom stereocenters. The number of aliphatic hydroxyl groups is 1. The smallest absolute Gasteiger partial charge is 0.312 e. The van der Waals surface area contributed by atoms with Crippen molar-refractivity contribution >= 4 is 17.8 Å². The Morgan fingerprint density at radius 1 is 1.20 bits per heavy atom. The standard InChI is InChI=1S/C32H44N2O6/c1-4-19-33(23-15-11-8-12-16-23)29(37)27-32-18-17-31(5-2,40-32)26(30(38)39-6-3)25(32)28(36)34(27)24(21-35)20-22-13-9-7-10-14-22/h4,7,9-10,13-14,23-27,35H,1,5-6,8,11-12,15-21H2,2-3H3/t24-,25+,26-,27?,31+,32?/m1/s1. The number of ether oxygens (including phenoxy) is 2. The molecule has 3 aliphatic heterocycles. The second-order valence-corrected chi connectivity index (χ2v) is 11.9. The molecule has 8 nitrogen and oxygen atoms in total. The van der Waals surface area contributed by atoms with Gasteiger partial charge in [0.2, 0.25) is 11.8 Å². The number of carbonyl (C=O) groups excluding carboxylic acids is 3. The summed E-state index contributed by atoms with van der Waals surface area (Å²) >= 11 is 0. The van der Waals surface area contributed by atoms with E-state index in [1.807, 2.05) is 42.2 Å². The number of carbonyl (C=O) groups is 3. The van der Waals surface area contributed by atoms with E-state index in [1.165, 1.54) is 0 Å².